The van der Waals surface area contributed by atoms with Gasteiger partial charge in [-0.2, -0.15) is 0 Å². The van der Waals surface area contributed by atoms with Gasteiger partial charge in [-0.1, -0.05) is 24.3 Å². The maximum Gasteiger partial charge on any atom is 0.261 e. The van der Waals surface area contributed by atoms with Gasteiger partial charge in [-0.3, -0.25) is 14.5 Å². The zero-order valence-corrected chi connectivity index (χ0v) is 15.7. The Morgan fingerprint density at radius 2 is 1.54 bits per heavy atom. The third kappa shape index (κ3) is 3.91. The molecule has 7 nitrogen and oxygen atoms in total. The van der Waals surface area contributed by atoms with E-state index in [9.17, 15) is 19.8 Å². The molecule has 1 atom stereocenters. The summed E-state index contributed by atoms with van der Waals surface area (Å²) in [4.78, 5) is 28.3. The number of aliphatic hydroxyl groups excluding tert-OH is 2. The summed E-state index contributed by atoms with van der Waals surface area (Å²) in [5, 5.41) is 18.5. The molecule has 0 fully saturated rings. The van der Waals surface area contributed by atoms with Crippen LogP contribution in [-0.2, 0) is 11.2 Å². The summed E-state index contributed by atoms with van der Waals surface area (Å²) in [5.74, 6) is -0.595. The predicted molar refractivity (Wildman–Crippen MR) is 104 cm³/mol. The van der Waals surface area contributed by atoms with Crippen LogP contribution < -0.4 is 4.90 Å². The summed E-state index contributed by atoms with van der Waals surface area (Å²) in [7, 11) is 0. The first-order valence-corrected chi connectivity index (χ1v) is 9.21. The predicted octanol–water partition coefficient (Wildman–Crippen LogP) is 1.64. The van der Waals surface area contributed by atoms with Crippen molar-refractivity contribution in [2.45, 2.75) is 19.4 Å². The molecule has 2 N–H and O–H groups in total. The fourth-order valence-corrected chi connectivity index (χ4v) is 3.34. The van der Waals surface area contributed by atoms with Crippen molar-refractivity contribution < 1.29 is 24.5 Å². The molecule has 2 aromatic rings. The van der Waals surface area contributed by atoms with Gasteiger partial charge in [-0.15, -0.1) is 0 Å². The molecule has 3 rings (SSSR count). The molecule has 1 unspecified atom stereocenters. The number of hydrogen-bond donors (Lipinski definition) is 2. The quantitative estimate of drug-likeness (QED) is 0.505. The lowest BCUT2D eigenvalue weighted by molar-refractivity contribution is 0.0416. The van der Waals surface area contributed by atoms with E-state index in [1.54, 1.807) is 36.4 Å². The third-order valence-electron chi connectivity index (χ3n) is 4.82. The van der Waals surface area contributed by atoms with Crippen LogP contribution in [0.15, 0.2) is 48.5 Å². The number of rotatable bonds is 9. The minimum absolute atomic E-state index is 0.253. The third-order valence-corrected chi connectivity index (χ3v) is 4.82. The average Bonchev–Trinajstić information content (AvgIpc) is 2.98. The van der Waals surface area contributed by atoms with Crippen molar-refractivity contribution in [1.29, 1.82) is 0 Å². The van der Waals surface area contributed by atoms with Crippen LogP contribution >= 0.6 is 0 Å². The lowest BCUT2D eigenvalue weighted by Gasteiger charge is -2.26. The van der Waals surface area contributed by atoms with Crippen molar-refractivity contribution in [3.05, 3.63) is 65.2 Å². The van der Waals surface area contributed by atoms with Crippen molar-refractivity contribution >= 4 is 17.5 Å². The molecule has 1 heterocycles. The first-order valence-electron chi connectivity index (χ1n) is 9.21. The summed E-state index contributed by atoms with van der Waals surface area (Å²) in [5.41, 5.74) is 2.44. The van der Waals surface area contributed by atoms with E-state index in [2.05, 4.69) is 0 Å². The molecule has 7 heteroatoms. The molecule has 0 saturated carbocycles. The molecule has 0 radical (unpaired) electrons. The van der Waals surface area contributed by atoms with Crippen molar-refractivity contribution in [2.75, 3.05) is 31.6 Å². The number of imide groups is 1. The first-order chi connectivity index (χ1) is 13.6. The van der Waals surface area contributed by atoms with Gasteiger partial charge in [0.2, 0.25) is 0 Å². The Balaban J connectivity index is 1.82. The van der Waals surface area contributed by atoms with Gasteiger partial charge in [0.25, 0.3) is 11.8 Å². The topological polar surface area (TPSA) is 90.3 Å². The van der Waals surface area contributed by atoms with Crippen LogP contribution in [0.1, 0.15) is 33.2 Å². The lowest BCUT2D eigenvalue weighted by Crippen LogP contribution is -2.44. The second-order valence-corrected chi connectivity index (χ2v) is 6.53. The van der Waals surface area contributed by atoms with Gasteiger partial charge in [0.15, 0.2) is 0 Å². The Hall–Kier alpha value is -2.74. The van der Waals surface area contributed by atoms with E-state index in [0.717, 1.165) is 5.56 Å². The zero-order chi connectivity index (χ0) is 20.1. The van der Waals surface area contributed by atoms with E-state index in [4.69, 9.17) is 4.74 Å². The highest BCUT2D eigenvalue weighted by molar-refractivity contribution is 6.21. The Morgan fingerprint density at radius 1 is 0.964 bits per heavy atom. The summed E-state index contributed by atoms with van der Waals surface area (Å²) in [6, 6.07) is 13.7. The van der Waals surface area contributed by atoms with Gasteiger partial charge in [0.05, 0.1) is 23.8 Å². The van der Waals surface area contributed by atoms with Gasteiger partial charge in [0, 0.05) is 12.3 Å². The summed E-state index contributed by atoms with van der Waals surface area (Å²) in [6.07, 6.45) is 0.448. The Bertz CT molecular complexity index is 798. The minimum Gasteiger partial charge on any atom is -0.380 e. The number of ether oxygens (including phenoxy) is 1. The second-order valence-electron chi connectivity index (χ2n) is 6.53. The van der Waals surface area contributed by atoms with Gasteiger partial charge in [-0.05, 0) is 43.2 Å². The smallest absolute Gasteiger partial charge is 0.261 e. The van der Waals surface area contributed by atoms with Crippen LogP contribution in [0.5, 0.6) is 0 Å². The zero-order valence-electron chi connectivity index (χ0n) is 15.7. The molecule has 0 bridgehead atoms. The second kappa shape index (κ2) is 8.97. The number of anilines is 1. The Labute approximate surface area is 163 Å². The first kappa shape index (κ1) is 20.0. The van der Waals surface area contributed by atoms with Crippen molar-refractivity contribution in [2.24, 2.45) is 0 Å². The van der Waals surface area contributed by atoms with Crippen LogP contribution in [0.4, 0.5) is 5.69 Å². The summed E-state index contributed by atoms with van der Waals surface area (Å²) < 4.78 is 5.55. The van der Waals surface area contributed by atoms with Crippen LogP contribution in [-0.4, -0.2) is 59.6 Å². The standard InChI is InChI=1S/C21H24N2O5/c1-2-28-12-17(11-15-7-9-16(10-8-15)22(13-24)14-25)23-20(26)18-5-3-4-6-19(18)21(23)27/h3-10,17,24-25H,2,11-14H2,1H3. The van der Waals surface area contributed by atoms with E-state index in [1.807, 2.05) is 19.1 Å². The molecule has 0 saturated heterocycles. The molecule has 1 aliphatic heterocycles. The number of benzene rings is 2. The van der Waals surface area contributed by atoms with Crippen LogP contribution in [0.2, 0.25) is 0 Å². The van der Waals surface area contributed by atoms with E-state index in [0.29, 0.717) is 29.8 Å². The van der Waals surface area contributed by atoms with Crippen molar-refractivity contribution in [3.63, 3.8) is 0 Å². The number of hydrogen-bond acceptors (Lipinski definition) is 6. The summed E-state index contributed by atoms with van der Waals surface area (Å²) in [6.45, 7) is 2.02. The van der Waals surface area contributed by atoms with Gasteiger partial charge in [-0.25, -0.2) is 0 Å². The molecule has 0 aromatic heterocycles. The molecule has 0 aliphatic carbocycles. The molecule has 28 heavy (non-hydrogen) atoms. The van der Waals surface area contributed by atoms with Gasteiger partial charge in [0.1, 0.15) is 13.5 Å². The number of amides is 2. The summed E-state index contributed by atoms with van der Waals surface area (Å²) >= 11 is 0. The molecule has 148 valence electrons. The highest BCUT2D eigenvalue weighted by Gasteiger charge is 2.39. The van der Waals surface area contributed by atoms with Gasteiger partial charge >= 0.3 is 0 Å². The van der Waals surface area contributed by atoms with Crippen molar-refractivity contribution in [3.8, 4) is 0 Å². The molecule has 2 amide bonds. The minimum atomic E-state index is -0.426. The highest BCUT2D eigenvalue weighted by Crippen LogP contribution is 2.26. The normalized spacial score (nSPS) is 14.3. The average molecular weight is 384 g/mol. The fourth-order valence-electron chi connectivity index (χ4n) is 3.34. The van der Waals surface area contributed by atoms with E-state index < -0.39 is 6.04 Å². The molecule has 0 spiro atoms. The number of carbonyl (C=O) groups excluding carboxylic acids is 2. The van der Waals surface area contributed by atoms with Gasteiger partial charge < -0.3 is 19.8 Å². The monoisotopic (exact) mass is 384 g/mol. The van der Waals surface area contributed by atoms with Crippen LogP contribution in [0.3, 0.4) is 0 Å². The number of carbonyl (C=O) groups is 2. The molecule has 2 aromatic carbocycles. The fraction of sp³-hybridized carbons (Fsp3) is 0.333. The van der Waals surface area contributed by atoms with Crippen LogP contribution in [0.25, 0.3) is 0 Å². The number of nitrogens with zero attached hydrogens (tertiary/aromatic N) is 2. The number of fused-ring (bicyclic) bond motifs is 1. The van der Waals surface area contributed by atoms with Crippen molar-refractivity contribution in [1.82, 2.24) is 4.90 Å². The maximum atomic E-state index is 12.8. The highest BCUT2D eigenvalue weighted by atomic mass is 16.5. The maximum absolute atomic E-state index is 12.8. The van der Waals surface area contributed by atoms with E-state index >= 15 is 0 Å². The molecular formula is C21H24N2O5. The molecule has 1 aliphatic rings. The Kier molecular flexibility index (Phi) is 6.41. The SMILES string of the molecule is CCOCC(Cc1ccc(N(CO)CO)cc1)N1C(=O)c2ccccc2C1=O. The van der Waals surface area contributed by atoms with E-state index in [-0.39, 0.29) is 31.9 Å². The van der Waals surface area contributed by atoms with E-state index in [1.165, 1.54) is 9.80 Å². The molecular weight excluding hydrogens is 360 g/mol. The van der Waals surface area contributed by atoms with Crippen LogP contribution in [0, 0.1) is 0 Å². The Morgan fingerprint density at radius 3 is 2.04 bits per heavy atom. The lowest BCUT2D eigenvalue weighted by atomic mass is 10.0. The number of aliphatic hydroxyl groups is 2. The largest absolute Gasteiger partial charge is 0.380 e.